The van der Waals surface area contributed by atoms with E-state index in [9.17, 15) is 9.18 Å². The number of amides is 1. The Hall–Kier alpha value is -1.42. The highest BCUT2D eigenvalue weighted by molar-refractivity contribution is 5.95. The van der Waals surface area contributed by atoms with E-state index < -0.39 is 5.82 Å². The van der Waals surface area contributed by atoms with E-state index in [1.807, 2.05) is 27.7 Å². The van der Waals surface area contributed by atoms with E-state index in [1.165, 1.54) is 12.1 Å². The molecule has 1 saturated carbocycles. The van der Waals surface area contributed by atoms with Crippen LogP contribution in [0.1, 0.15) is 43.6 Å². The van der Waals surface area contributed by atoms with Crippen molar-refractivity contribution in [3.8, 4) is 0 Å². The highest BCUT2D eigenvalue weighted by atomic mass is 19.1. The number of nitrogens with two attached hydrogens (primary N) is 1. The molecule has 0 heterocycles. The second kappa shape index (κ2) is 4.55. The van der Waals surface area contributed by atoms with Crippen LogP contribution in [-0.2, 0) is 0 Å². The highest BCUT2D eigenvalue weighted by Crippen LogP contribution is 2.52. The Morgan fingerprint density at radius 2 is 1.80 bits per heavy atom. The van der Waals surface area contributed by atoms with Crippen molar-refractivity contribution in [3.63, 3.8) is 0 Å². The van der Waals surface area contributed by atoms with E-state index in [1.54, 1.807) is 13.0 Å². The molecule has 0 atom stereocenters. The Kier molecular flexibility index (Phi) is 3.41. The van der Waals surface area contributed by atoms with Crippen molar-refractivity contribution in [1.29, 1.82) is 0 Å². The van der Waals surface area contributed by atoms with Crippen LogP contribution in [0.15, 0.2) is 18.2 Å². The van der Waals surface area contributed by atoms with Gasteiger partial charge in [0.05, 0.1) is 5.56 Å². The maximum absolute atomic E-state index is 13.8. The smallest absolute Gasteiger partial charge is 0.254 e. The van der Waals surface area contributed by atoms with E-state index in [4.69, 9.17) is 5.73 Å². The largest absolute Gasteiger partial charge is 0.348 e. The van der Waals surface area contributed by atoms with Gasteiger partial charge in [-0.05, 0) is 24.6 Å². The van der Waals surface area contributed by atoms with Gasteiger partial charge in [-0.2, -0.15) is 0 Å². The molecule has 0 spiro atoms. The van der Waals surface area contributed by atoms with Crippen molar-refractivity contribution in [1.82, 2.24) is 5.32 Å². The average Bonchev–Trinajstić information content (AvgIpc) is 2.34. The molecule has 20 heavy (non-hydrogen) atoms. The lowest BCUT2D eigenvalue weighted by Gasteiger charge is -2.62. The first-order valence-electron chi connectivity index (χ1n) is 6.91. The SMILES string of the molecule is Cc1ccc(C(=O)NC2C(C)(C)C(N)C2(C)C)c(F)c1. The van der Waals surface area contributed by atoms with Crippen LogP contribution in [-0.4, -0.2) is 18.0 Å². The molecular weight excluding hydrogens is 255 g/mol. The number of carbonyl (C=O) groups excluding carboxylic acids is 1. The minimum atomic E-state index is -0.485. The number of rotatable bonds is 2. The fourth-order valence-electron chi connectivity index (χ4n) is 3.57. The summed E-state index contributed by atoms with van der Waals surface area (Å²) in [6.07, 6.45) is 0. The predicted octanol–water partition coefficient (Wildman–Crippen LogP) is 2.63. The Morgan fingerprint density at radius 1 is 1.25 bits per heavy atom. The van der Waals surface area contributed by atoms with E-state index in [0.29, 0.717) is 0 Å². The normalized spacial score (nSPS) is 26.8. The standard InChI is InChI=1S/C16H23FN2O/c1-9-6-7-10(11(17)8-9)12(20)19-14-15(2,3)13(18)16(14,4)5/h6-8,13-14H,18H2,1-5H3,(H,19,20). The van der Waals surface area contributed by atoms with Crippen molar-refractivity contribution in [2.45, 2.75) is 46.7 Å². The molecule has 0 unspecified atom stereocenters. The summed E-state index contributed by atoms with van der Waals surface area (Å²) in [6.45, 7) is 9.90. The third kappa shape index (κ3) is 2.12. The molecule has 0 radical (unpaired) electrons. The molecule has 1 fully saturated rings. The first-order valence-corrected chi connectivity index (χ1v) is 6.91. The van der Waals surface area contributed by atoms with Gasteiger partial charge in [0, 0.05) is 22.9 Å². The van der Waals surface area contributed by atoms with Gasteiger partial charge < -0.3 is 11.1 Å². The Balaban J connectivity index is 2.20. The monoisotopic (exact) mass is 278 g/mol. The summed E-state index contributed by atoms with van der Waals surface area (Å²) < 4.78 is 13.8. The molecule has 1 aliphatic carbocycles. The fraction of sp³-hybridized carbons (Fsp3) is 0.562. The first kappa shape index (κ1) is 15.0. The zero-order valence-corrected chi connectivity index (χ0v) is 12.8. The Morgan fingerprint density at radius 3 is 2.30 bits per heavy atom. The van der Waals surface area contributed by atoms with Crippen LogP contribution in [0.5, 0.6) is 0 Å². The summed E-state index contributed by atoms with van der Waals surface area (Å²) in [6, 6.07) is 4.57. The third-order valence-corrected chi connectivity index (χ3v) is 4.74. The summed E-state index contributed by atoms with van der Waals surface area (Å²) in [5, 5.41) is 2.94. The van der Waals surface area contributed by atoms with Crippen molar-refractivity contribution >= 4 is 5.91 Å². The molecule has 0 bridgehead atoms. The van der Waals surface area contributed by atoms with Crippen LogP contribution < -0.4 is 11.1 Å². The van der Waals surface area contributed by atoms with Crippen LogP contribution in [0.4, 0.5) is 4.39 Å². The lowest BCUT2D eigenvalue weighted by molar-refractivity contribution is -0.0664. The summed E-state index contributed by atoms with van der Waals surface area (Å²) in [7, 11) is 0. The minimum Gasteiger partial charge on any atom is -0.348 e. The number of halogens is 1. The molecule has 4 heteroatoms. The quantitative estimate of drug-likeness (QED) is 0.873. The van der Waals surface area contributed by atoms with Gasteiger partial charge >= 0.3 is 0 Å². The zero-order chi connectivity index (χ0) is 15.3. The van der Waals surface area contributed by atoms with Crippen LogP contribution in [0.2, 0.25) is 0 Å². The van der Waals surface area contributed by atoms with Gasteiger partial charge in [-0.15, -0.1) is 0 Å². The van der Waals surface area contributed by atoms with Gasteiger partial charge in [0.1, 0.15) is 5.82 Å². The maximum Gasteiger partial charge on any atom is 0.254 e. The van der Waals surface area contributed by atoms with Gasteiger partial charge in [0.2, 0.25) is 0 Å². The van der Waals surface area contributed by atoms with Gasteiger partial charge in [-0.1, -0.05) is 33.8 Å². The molecule has 0 saturated heterocycles. The average molecular weight is 278 g/mol. The van der Waals surface area contributed by atoms with Crippen LogP contribution >= 0.6 is 0 Å². The van der Waals surface area contributed by atoms with Crippen LogP contribution in [0.25, 0.3) is 0 Å². The zero-order valence-electron chi connectivity index (χ0n) is 12.8. The molecule has 110 valence electrons. The maximum atomic E-state index is 13.8. The van der Waals surface area contributed by atoms with Crippen molar-refractivity contribution in [3.05, 3.63) is 35.1 Å². The van der Waals surface area contributed by atoms with Gasteiger partial charge in [-0.25, -0.2) is 4.39 Å². The molecule has 0 aliphatic heterocycles. The third-order valence-electron chi connectivity index (χ3n) is 4.74. The molecule has 2 rings (SSSR count). The van der Waals surface area contributed by atoms with Crippen LogP contribution in [0, 0.1) is 23.6 Å². The first-order chi connectivity index (χ1) is 9.08. The van der Waals surface area contributed by atoms with E-state index in [-0.39, 0.29) is 34.4 Å². The topological polar surface area (TPSA) is 55.1 Å². The summed E-state index contributed by atoms with van der Waals surface area (Å²) in [5.74, 6) is -0.859. The van der Waals surface area contributed by atoms with Crippen molar-refractivity contribution < 1.29 is 9.18 Å². The molecule has 1 aromatic rings. The van der Waals surface area contributed by atoms with E-state index >= 15 is 0 Å². The molecular formula is C16H23FN2O. The molecule has 1 aromatic carbocycles. The fourth-order valence-corrected chi connectivity index (χ4v) is 3.57. The number of hydrogen-bond acceptors (Lipinski definition) is 2. The lowest BCUT2D eigenvalue weighted by Crippen LogP contribution is -2.76. The summed E-state index contributed by atoms with van der Waals surface area (Å²) in [4.78, 5) is 12.3. The molecule has 3 nitrogen and oxygen atoms in total. The summed E-state index contributed by atoms with van der Waals surface area (Å²) in [5.41, 5.74) is 6.66. The van der Waals surface area contributed by atoms with Crippen molar-refractivity contribution in [2.24, 2.45) is 16.6 Å². The lowest BCUT2D eigenvalue weighted by atomic mass is 9.48. The van der Waals surface area contributed by atoms with Gasteiger partial charge in [0.25, 0.3) is 5.91 Å². The second-order valence-corrected chi connectivity index (χ2v) is 7.01. The summed E-state index contributed by atoms with van der Waals surface area (Å²) >= 11 is 0. The minimum absolute atomic E-state index is 0.00293. The Labute approximate surface area is 119 Å². The number of benzene rings is 1. The Bertz CT molecular complexity index is 535. The van der Waals surface area contributed by atoms with E-state index in [0.717, 1.165) is 5.56 Å². The highest BCUT2D eigenvalue weighted by Gasteiger charge is 2.60. The van der Waals surface area contributed by atoms with E-state index in [2.05, 4.69) is 5.32 Å². The molecule has 1 amide bonds. The molecule has 1 aliphatic rings. The number of aryl methyl sites for hydroxylation is 1. The molecule has 0 aromatic heterocycles. The van der Waals surface area contributed by atoms with Crippen LogP contribution in [0.3, 0.4) is 0 Å². The number of carbonyl (C=O) groups is 1. The number of hydrogen-bond donors (Lipinski definition) is 2. The predicted molar refractivity (Wildman–Crippen MR) is 77.9 cm³/mol. The van der Waals surface area contributed by atoms with Gasteiger partial charge in [0.15, 0.2) is 0 Å². The molecule has 3 N–H and O–H groups in total. The van der Waals surface area contributed by atoms with Gasteiger partial charge in [-0.3, -0.25) is 4.79 Å². The number of nitrogens with one attached hydrogen (secondary N) is 1. The van der Waals surface area contributed by atoms with Crippen molar-refractivity contribution in [2.75, 3.05) is 0 Å². The second-order valence-electron chi connectivity index (χ2n) is 7.01.